The lowest BCUT2D eigenvalue weighted by Crippen LogP contribution is -2.31. The Balaban J connectivity index is 1.11. The Morgan fingerprint density at radius 3 is 2.42 bits per heavy atom. The molecule has 0 saturated heterocycles. The number of hydrogen-bond acceptors (Lipinski definition) is 11. The second-order valence-electron chi connectivity index (χ2n) is 11.9. The van der Waals surface area contributed by atoms with Crippen LogP contribution in [0.15, 0.2) is 73.6 Å². The van der Waals surface area contributed by atoms with E-state index in [9.17, 15) is 9.59 Å². The lowest BCUT2D eigenvalue weighted by atomic mass is 9.86. The minimum atomic E-state index is -0.979. The third kappa shape index (κ3) is 5.38. The second kappa shape index (κ2) is 12.2. The summed E-state index contributed by atoms with van der Waals surface area (Å²) < 4.78 is 9.29. The summed E-state index contributed by atoms with van der Waals surface area (Å²) in [7, 11) is 0. The molecular formula is C33H32N12O3. The van der Waals surface area contributed by atoms with E-state index < -0.39 is 18.2 Å². The number of nitrogens with zero attached hydrogens (tertiary/aromatic N) is 8. The van der Waals surface area contributed by atoms with Crippen molar-refractivity contribution in [2.24, 2.45) is 0 Å². The first-order valence-electron chi connectivity index (χ1n) is 15.9. The van der Waals surface area contributed by atoms with E-state index in [0.29, 0.717) is 42.4 Å². The molecule has 0 bridgehead atoms. The summed E-state index contributed by atoms with van der Waals surface area (Å²) in [5.41, 5.74) is 11.4. The second-order valence-corrected chi connectivity index (χ2v) is 11.9. The molecule has 6 aromatic rings. The number of nitrogen functional groups attached to an aromatic ring is 1. The molecule has 3 atom stereocenters. The molecule has 6 heterocycles. The van der Waals surface area contributed by atoms with Crippen LogP contribution in [0.3, 0.4) is 0 Å². The predicted molar refractivity (Wildman–Crippen MR) is 173 cm³/mol. The van der Waals surface area contributed by atoms with Gasteiger partial charge < -0.3 is 20.8 Å². The monoisotopic (exact) mass is 644 g/mol. The fraction of sp³-hybridized carbons (Fsp3) is 0.273. The number of rotatable bonds is 8. The van der Waals surface area contributed by atoms with Crippen molar-refractivity contribution in [1.29, 1.82) is 0 Å². The zero-order valence-electron chi connectivity index (χ0n) is 25.8. The standard InChI is InChI=1S/C33H32N12O3/c34-31-38-28(20-9-15-36-16-10-20)43-45(31)29(46)23-3-2-6-26-22(23)12-18-44(26)33(40-32-39-27(41-42-32)19-7-13-35-14-8-19)48-30(47)24-4-1-5-25-21(24)11-17-37-25/h7-18,23-24,33,37H,1-6H2,(H2,34,38,43)(H2,39,40,41,42). The van der Waals surface area contributed by atoms with Crippen LogP contribution in [0.1, 0.15) is 71.2 Å². The number of aromatic nitrogens is 10. The SMILES string of the molecule is Nc1nc(-c2ccncc2)nn1C(=O)C1CCCc2c1ccn2C(Nc1nc(-c2ccncc2)n[nH]1)OC(=O)C1CCCc2[nH]ccc21. The highest BCUT2D eigenvalue weighted by Gasteiger charge is 2.35. The van der Waals surface area contributed by atoms with Crippen LogP contribution < -0.4 is 11.1 Å². The molecular weight excluding hydrogens is 612 g/mol. The van der Waals surface area contributed by atoms with Crippen molar-refractivity contribution in [3.05, 3.63) is 96.1 Å². The molecule has 0 fully saturated rings. The Morgan fingerprint density at radius 1 is 0.896 bits per heavy atom. The van der Waals surface area contributed by atoms with Crippen molar-refractivity contribution in [1.82, 2.24) is 49.5 Å². The van der Waals surface area contributed by atoms with E-state index in [1.54, 1.807) is 36.9 Å². The highest BCUT2D eigenvalue weighted by atomic mass is 16.6. The van der Waals surface area contributed by atoms with Crippen molar-refractivity contribution >= 4 is 23.8 Å². The van der Waals surface area contributed by atoms with Gasteiger partial charge in [0.1, 0.15) is 0 Å². The van der Waals surface area contributed by atoms with E-state index in [4.69, 9.17) is 10.5 Å². The van der Waals surface area contributed by atoms with E-state index in [0.717, 1.165) is 47.3 Å². The Bertz CT molecular complexity index is 2080. The average Bonchev–Trinajstić information content (AvgIpc) is 3.94. The summed E-state index contributed by atoms with van der Waals surface area (Å²) in [6.07, 6.45) is 13.8. The first-order chi connectivity index (χ1) is 23.5. The van der Waals surface area contributed by atoms with Gasteiger partial charge in [-0.2, -0.15) is 19.7 Å². The smallest absolute Gasteiger partial charge is 0.316 e. The molecule has 2 aliphatic rings. The predicted octanol–water partition coefficient (Wildman–Crippen LogP) is 4.22. The third-order valence-corrected chi connectivity index (χ3v) is 9.03. The van der Waals surface area contributed by atoms with Crippen molar-refractivity contribution < 1.29 is 14.3 Å². The zero-order valence-corrected chi connectivity index (χ0v) is 25.8. The average molecular weight is 645 g/mol. The number of H-pyrrole nitrogens is 2. The van der Waals surface area contributed by atoms with Gasteiger partial charge in [0.15, 0.2) is 11.6 Å². The maximum atomic E-state index is 13.9. The van der Waals surface area contributed by atoms with Gasteiger partial charge in [-0.3, -0.25) is 24.1 Å². The number of hydrogen-bond donors (Lipinski definition) is 4. The van der Waals surface area contributed by atoms with Crippen LogP contribution in [-0.2, 0) is 22.4 Å². The van der Waals surface area contributed by atoms with Gasteiger partial charge in [-0.05, 0) is 86.1 Å². The van der Waals surface area contributed by atoms with Gasteiger partial charge in [0.05, 0.1) is 11.8 Å². The Morgan fingerprint density at radius 2 is 1.62 bits per heavy atom. The summed E-state index contributed by atoms with van der Waals surface area (Å²) in [5, 5.41) is 15.0. The maximum Gasteiger partial charge on any atom is 0.316 e. The van der Waals surface area contributed by atoms with Crippen LogP contribution in [0.2, 0.25) is 0 Å². The van der Waals surface area contributed by atoms with E-state index in [1.165, 1.54) is 4.68 Å². The minimum absolute atomic E-state index is 0.0128. The first kappa shape index (κ1) is 29.3. The summed E-state index contributed by atoms with van der Waals surface area (Å²) >= 11 is 0. The topological polar surface area (TPSA) is 200 Å². The highest BCUT2D eigenvalue weighted by molar-refractivity contribution is 5.88. The van der Waals surface area contributed by atoms with Gasteiger partial charge in [0, 0.05) is 59.7 Å². The first-order valence-corrected chi connectivity index (χ1v) is 15.9. The molecule has 0 radical (unpaired) electrons. The van der Waals surface area contributed by atoms with Crippen LogP contribution in [0.5, 0.6) is 0 Å². The molecule has 5 N–H and O–H groups in total. The van der Waals surface area contributed by atoms with Crippen LogP contribution >= 0.6 is 0 Å². The van der Waals surface area contributed by atoms with Crippen molar-refractivity contribution in [2.75, 3.05) is 11.1 Å². The highest BCUT2D eigenvalue weighted by Crippen LogP contribution is 2.37. The van der Waals surface area contributed by atoms with Crippen molar-refractivity contribution in [3.63, 3.8) is 0 Å². The van der Waals surface area contributed by atoms with Gasteiger partial charge in [-0.15, -0.1) is 5.10 Å². The van der Waals surface area contributed by atoms with E-state index in [2.05, 4.69) is 45.5 Å². The number of carbonyl (C=O) groups is 2. The molecule has 48 heavy (non-hydrogen) atoms. The van der Waals surface area contributed by atoms with E-state index in [1.807, 2.05) is 41.2 Å². The lowest BCUT2D eigenvalue weighted by Gasteiger charge is -2.28. The number of aryl methyl sites for hydroxylation is 1. The molecule has 15 nitrogen and oxygen atoms in total. The van der Waals surface area contributed by atoms with Crippen molar-refractivity contribution in [2.45, 2.75) is 56.7 Å². The Hall–Kier alpha value is -6.12. The molecule has 0 spiro atoms. The van der Waals surface area contributed by atoms with Gasteiger partial charge in [-0.25, -0.2) is 5.10 Å². The number of fused-ring (bicyclic) bond motifs is 2. The van der Waals surface area contributed by atoms with Gasteiger partial charge in [0.25, 0.3) is 12.3 Å². The normalized spacial score (nSPS) is 17.7. The molecule has 0 saturated carbocycles. The van der Waals surface area contributed by atoms with Crippen LogP contribution in [-0.4, -0.2) is 61.3 Å². The lowest BCUT2D eigenvalue weighted by molar-refractivity contribution is -0.154. The molecule has 6 aromatic heterocycles. The quantitative estimate of drug-likeness (QED) is 0.137. The fourth-order valence-corrected chi connectivity index (χ4v) is 6.71. The number of anilines is 2. The summed E-state index contributed by atoms with van der Waals surface area (Å²) in [5.74, 6) is -0.423. The number of ether oxygens (including phenoxy) is 1. The number of nitrogens with one attached hydrogen (secondary N) is 3. The van der Waals surface area contributed by atoms with Gasteiger partial charge in [-0.1, -0.05) is 0 Å². The van der Waals surface area contributed by atoms with Crippen LogP contribution in [0.4, 0.5) is 11.9 Å². The molecule has 8 rings (SSSR count). The molecule has 242 valence electrons. The number of nitrogens with two attached hydrogens (primary N) is 1. The fourth-order valence-electron chi connectivity index (χ4n) is 6.71. The summed E-state index contributed by atoms with van der Waals surface area (Å²) in [4.78, 5) is 48.1. The number of aromatic amines is 2. The van der Waals surface area contributed by atoms with Crippen LogP contribution in [0.25, 0.3) is 22.8 Å². The Kier molecular flexibility index (Phi) is 7.47. The van der Waals surface area contributed by atoms with Crippen molar-refractivity contribution in [3.8, 4) is 22.8 Å². The molecule has 0 aliphatic heterocycles. The number of pyridine rings is 2. The summed E-state index contributed by atoms with van der Waals surface area (Å²) in [6.45, 7) is 0. The third-order valence-electron chi connectivity index (χ3n) is 9.03. The molecule has 15 heteroatoms. The zero-order chi connectivity index (χ0) is 32.6. The Labute approximate surface area is 274 Å². The number of carbonyl (C=O) groups excluding carboxylic acids is 2. The largest absolute Gasteiger partial charge is 0.422 e. The maximum absolute atomic E-state index is 13.9. The summed E-state index contributed by atoms with van der Waals surface area (Å²) in [6, 6.07) is 11.0. The van der Waals surface area contributed by atoms with E-state index >= 15 is 0 Å². The molecule has 3 unspecified atom stereocenters. The molecule has 0 aromatic carbocycles. The van der Waals surface area contributed by atoms with E-state index in [-0.39, 0.29) is 17.8 Å². The molecule has 0 amide bonds. The molecule has 2 aliphatic carbocycles. The number of esters is 1. The van der Waals surface area contributed by atoms with Crippen LogP contribution in [0, 0.1) is 0 Å². The minimum Gasteiger partial charge on any atom is -0.422 e. The van der Waals surface area contributed by atoms with Gasteiger partial charge >= 0.3 is 5.97 Å². The van der Waals surface area contributed by atoms with Gasteiger partial charge in [0.2, 0.25) is 11.9 Å².